The molecule has 2 aromatic rings. The van der Waals surface area contributed by atoms with Crippen LogP contribution in [0.25, 0.3) is 0 Å². The molecular formula is C21H22ClNO4. The SMILES string of the molecule is O=C(c1cc(Cl)c2c(c1)OCCO2)N1CCO[C@H](CCc2ccccc2)C1. The first-order chi connectivity index (χ1) is 13.2. The number of aryl methyl sites for hydroxylation is 1. The number of morpholine rings is 1. The summed E-state index contributed by atoms with van der Waals surface area (Å²) in [7, 11) is 0. The Balaban J connectivity index is 1.42. The van der Waals surface area contributed by atoms with E-state index in [1.807, 2.05) is 23.1 Å². The molecule has 1 atom stereocenters. The van der Waals surface area contributed by atoms with E-state index in [1.165, 1.54) is 5.56 Å². The number of carbonyl (C=O) groups is 1. The molecule has 6 heteroatoms. The summed E-state index contributed by atoms with van der Waals surface area (Å²) in [4.78, 5) is 14.8. The van der Waals surface area contributed by atoms with Gasteiger partial charge in [-0.15, -0.1) is 0 Å². The van der Waals surface area contributed by atoms with Gasteiger partial charge in [0.15, 0.2) is 11.5 Å². The Bertz CT molecular complexity index is 811. The van der Waals surface area contributed by atoms with Crippen molar-refractivity contribution in [3.8, 4) is 11.5 Å². The van der Waals surface area contributed by atoms with Gasteiger partial charge in [0.2, 0.25) is 0 Å². The van der Waals surface area contributed by atoms with E-state index in [0.29, 0.717) is 55.0 Å². The Labute approximate surface area is 163 Å². The smallest absolute Gasteiger partial charge is 0.254 e. The standard InChI is InChI=1S/C21H22ClNO4/c22-18-12-16(13-19-20(18)27-11-10-26-19)21(24)23-8-9-25-17(14-23)7-6-15-4-2-1-3-5-15/h1-5,12-13,17H,6-11,14H2/t17-/m1/s1. The quantitative estimate of drug-likeness (QED) is 0.804. The van der Waals surface area contributed by atoms with Gasteiger partial charge in [-0.3, -0.25) is 4.79 Å². The summed E-state index contributed by atoms with van der Waals surface area (Å²) in [6, 6.07) is 13.7. The average molecular weight is 388 g/mol. The van der Waals surface area contributed by atoms with Crippen LogP contribution in [0.5, 0.6) is 11.5 Å². The Morgan fingerprint density at radius 3 is 2.78 bits per heavy atom. The van der Waals surface area contributed by atoms with Crippen LogP contribution in [0.1, 0.15) is 22.3 Å². The number of carbonyl (C=O) groups excluding carboxylic acids is 1. The van der Waals surface area contributed by atoms with Crippen molar-refractivity contribution < 1.29 is 19.0 Å². The molecule has 5 nitrogen and oxygen atoms in total. The van der Waals surface area contributed by atoms with Gasteiger partial charge in [-0.1, -0.05) is 41.9 Å². The number of fused-ring (bicyclic) bond motifs is 1. The molecular weight excluding hydrogens is 366 g/mol. The summed E-state index contributed by atoms with van der Waals surface area (Å²) < 4.78 is 17.0. The number of nitrogens with zero attached hydrogens (tertiary/aromatic N) is 1. The molecule has 1 amide bonds. The lowest BCUT2D eigenvalue weighted by molar-refractivity contribution is -0.0246. The van der Waals surface area contributed by atoms with E-state index in [2.05, 4.69) is 12.1 Å². The highest BCUT2D eigenvalue weighted by atomic mass is 35.5. The van der Waals surface area contributed by atoms with Crippen molar-refractivity contribution in [2.45, 2.75) is 18.9 Å². The number of amides is 1. The number of hydrogen-bond donors (Lipinski definition) is 0. The second-order valence-corrected chi connectivity index (χ2v) is 7.16. The Morgan fingerprint density at radius 2 is 1.93 bits per heavy atom. The molecule has 2 heterocycles. The maximum absolute atomic E-state index is 13.0. The molecule has 4 rings (SSSR count). The largest absolute Gasteiger partial charge is 0.486 e. The molecule has 1 fully saturated rings. The van der Waals surface area contributed by atoms with Crippen LogP contribution in [-0.4, -0.2) is 49.8 Å². The molecule has 0 saturated carbocycles. The Hall–Kier alpha value is -2.24. The van der Waals surface area contributed by atoms with Crippen molar-refractivity contribution in [3.05, 3.63) is 58.6 Å². The summed E-state index contributed by atoms with van der Waals surface area (Å²) in [5.74, 6) is 0.995. The first-order valence-corrected chi connectivity index (χ1v) is 9.62. The number of rotatable bonds is 4. The summed E-state index contributed by atoms with van der Waals surface area (Å²) in [6.07, 6.45) is 1.86. The molecule has 1 saturated heterocycles. The van der Waals surface area contributed by atoms with Crippen molar-refractivity contribution in [3.63, 3.8) is 0 Å². The molecule has 0 spiro atoms. The van der Waals surface area contributed by atoms with Crippen LogP contribution < -0.4 is 9.47 Å². The van der Waals surface area contributed by atoms with Gasteiger partial charge >= 0.3 is 0 Å². The highest BCUT2D eigenvalue weighted by molar-refractivity contribution is 6.32. The number of halogens is 1. The highest BCUT2D eigenvalue weighted by Crippen LogP contribution is 2.38. The predicted octanol–water partition coefficient (Wildman–Crippen LogP) is 3.59. The lowest BCUT2D eigenvalue weighted by Gasteiger charge is -2.33. The summed E-state index contributed by atoms with van der Waals surface area (Å²) in [5, 5.41) is 0.407. The van der Waals surface area contributed by atoms with Crippen molar-refractivity contribution in [2.24, 2.45) is 0 Å². The van der Waals surface area contributed by atoms with Gasteiger partial charge in [-0.25, -0.2) is 0 Å². The van der Waals surface area contributed by atoms with Crippen molar-refractivity contribution in [1.82, 2.24) is 4.90 Å². The van der Waals surface area contributed by atoms with E-state index < -0.39 is 0 Å². The maximum atomic E-state index is 13.0. The van der Waals surface area contributed by atoms with Crippen LogP contribution in [0.3, 0.4) is 0 Å². The predicted molar refractivity (Wildman–Crippen MR) is 103 cm³/mol. The van der Waals surface area contributed by atoms with Crippen molar-refractivity contribution in [1.29, 1.82) is 0 Å². The molecule has 0 N–H and O–H groups in total. The van der Waals surface area contributed by atoms with Gasteiger partial charge in [0.05, 0.1) is 17.7 Å². The average Bonchev–Trinajstić information content (AvgIpc) is 2.73. The van der Waals surface area contributed by atoms with Gasteiger partial charge in [0.25, 0.3) is 5.91 Å². The molecule has 0 radical (unpaired) electrons. The van der Waals surface area contributed by atoms with E-state index in [4.69, 9.17) is 25.8 Å². The first-order valence-electron chi connectivity index (χ1n) is 9.24. The fourth-order valence-corrected chi connectivity index (χ4v) is 3.73. The van der Waals surface area contributed by atoms with Gasteiger partial charge in [-0.2, -0.15) is 0 Å². The minimum absolute atomic E-state index is 0.0376. The molecule has 142 valence electrons. The van der Waals surface area contributed by atoms with Crippen LogP contribution in [0.2, 0.25) is 5.02 Å². The zero-order chi connectivity index (χ0) is 18.6. The molecule has 0 unspecified atom stereocenters. The van der Waals surface area contributed by atoms with Crippen LogP contribution in [0.4, 0.5) is 0 Å². The zero-order valence-corrected chi connectivity index (χ0v) is 15.8. The van der Waals surface area contributed by atoms with E-state index in [-0.39, 0.29) is 12.0 Å². The molecule has 0 aromatic heterocycles. The van der Waals surface area contributed by atoms with E-state index in [0.717, 1.165) is 12.8 Å². The second-order valence-electron chi connectivity index (χ2n) is 6.75. The van der Waals surface area contributed by atoms with Gasteiger partial charge in [0, 0.05) is 18.7 Å². The van der Waals surface area contributed by atoms with E-state index in [9.17, 15) is 4.79 Å². The summed E-state index contributed by atoms with van der Waals surface area (Å²) in [5.41, 5.74) is 1.80. The first kappa shape index (κ1) is 18.1. The number of hydrogen-bond acceptors (Lipinski definition) is 4. The summed E-state index contributed by atoms with van der Waals surface area (Å²) >= 11 is 6.28. The topological polar surface area (TPSA) is 48.0 Å². The van der Waals surface area contributed by atoms with E-state index >= 15 is 0 Å². The fraction of sp³-hybridized carbons (Fsp3) is 0.381. The Kier molecular flexibility index (Phi) is 5.50. The molecule has 2 aliphatic rings. The lowest BCUT2D eigenvalue weighted by atomic mass is 10.1. The highest BCUT2D eigenvalue weighted by Gasteiger charge is 2.27. The molecule has 0 bridgehead atoms. The third-order valence-electron chi connectivity index (χ3n) is 4.87. The van der Waals surface area contributed by atoms with Crippen LogP contribution in [0, 0.1) is 0 Å². The molecule has 2 aromatic carbocycles. The molecule has 0 aliphatic carbocycles. The van der Waals surface area contributed by atoms with Crippen molar-refractivity contribution >= 4 is 17.5 Å². The minimum atomic E-state index is -0.0538. The minimum Gasteiger partial charge on any atom is -0.486 e. The van der Waals surface area contributed by atoms with E-state index in [1.54, 1.807) is 12.1 Å². The maximum Gasteiger partial charge on any atom is 0.254 e. The Morgan fingerprint density at radius 1 is 1.11 bits per heavy atom. The molecule has 2 aliphatic heterocycles. The monoisotopic (exact) mass is 387 g/mol. The number of benzene rings is 2. The molecule has 27 heavy (non-hydrogen) atoms. The zero-order valence-electron chi connectivity index (χ0n) is 15.0. The third-order valence-corrected chi connectivity index (χ3v) is 5.15. The van der Waals surface area contributed by atoms with Crippen LogP contribution in [-0.2, 0) is 11.2 Å². The fourth-order valence-electron chi connectivity index (χ4n) is 3.47. The normalized spacial score (nSPS) is 19.0. The van der Waals surface area contributed by atoms with Crippen LogP contribution >= 0.6 is 11.6 Å². The van der Waals surface area contributed by atoms with Crippen molar-refractivity contribution in [2.75, 3.05) is 32.9 Å². The summed E-state index contributed by atoms with van der Waals surface area (Å²) in [6.45, 7) is 2.63. The number of ether oxygens (including phenoxy) is 3. The third kappa shape index (κ3) is 4.20. The van der Waals surface area contributed by atoms with Gasteiger partial charge in [0.1, 0.15) is 13.2 Å². The van der Waals surface area contributed by atoms with Crippen LogP contribution in [0.15, 0.2) is 42.5 Å². The van der Waals surface area contributed by atoms with Gasteiger partial charge < -0.3 is 19.1 Å². The van der Waals surface area contributed by atoms with Gasteiger partial charge in [-0.05, 0) is 30.5 Å². The lowest BCUT2D eigenvalue weighted by Crippen LogP contribution is -2.45. The second kappa shape index (κ2) is 8.19.